The molecule has 4 rings (SSSR count). The minimum Gasteiger partial charge on any atom is -0.352 e. The van der Waals surface area contributed by atoms with E-state index < -0.39 is 46.3 Å². The third-order valence-electron chi connectivity index (χ3n) is 7.92. The number of halogens is 4. The number of fused-ring (bicyclic) bond motifs is 1. The van der Waals surface area contributed by atoms with Crippen molar-refractivity contribution in [3.63, 3.8) is 0 Å². The summed E-state index contributed by atoms with van der Waals surface area (Å²) >= 11 is 0. The number of alkyl halides is 3. The number of nitrogens with one attached hydrogen (secondary N) is 2. The molecule has 9 nitrogen and oxygen atoms in total. The number of sulfonamides is 1. The van der Waals surface area contributed by atoms with E-state index in [1.807, 2.05) is 18.6 Å². The molecule has 1 fully saturated rings. The molecule has 0 atom stereocenters. The molecule has 0 bridgehead atoms. The Morgan fingerprint density at radius 2 is 1.86 bits per heavy atom. The highest BCUT2D eigenvalue weighted by molar-refractivity contribution is 7.89. The number of hydrogen-bond acceptors (Lipinski definition) is 7. The fraction of sp³-hybridized carbons (Fsp3) is 0.607. The van der Waals surface area contributed by atoms with Crippen molar-refractivity contribution < 1.29 is 26.0 Å². The molecule has 2 aliphatic carbocycles. The highest BCUT2D eigenvalue weighted by atomic mass is 32.2. The van der Waals surface area contributed by atoms with Gasteiger partial charge in [-0.15, -0.1) is 0 Å². The van der Waals surface area contributed by atoms with Gasteiger partial charge in [0.2, 0.25) is 16.0 Å². The lowest BCUT2D eigenvalue weighted by Gasteiger charge is -2.34. The summed E-state index contributed by atoms with van der Waals surface area (Å²) < 4.78 is 79.9. The molecule has 1 aromatic rings. The lowest BCUT2D eigenvalue weighted by Crippen LogP contribution is -2.49. The maximum absolute atomic E-state index is 15.0. The Balaban J connectivity index is 1.58. The molecule has 0 aromatic carbocycles. The zero-order valence-corrected chi connectivity index (χ0v) is 25.1. The van der Waals surface area contributed by atoms with Gasteiger partial charge < -0.3 is 10.2 Å². The van der Waals surface area contributed by atoms with Crippen molar-refractivity contribution in [2.75, 3.05) is 19.3 Å². The van der Waals surface area contributed by atoms with Gasteiger partial charge in [-0.2, -0.15) is 18.2 Å². The molecule has 0 saturated heterocycles. The molecule has 42 heavy (non-hydrogen) atoms. The Bertz CT molecular complexity index is 1570. The third-order valence-corrected chi connectivity index (χ3v) is 9.19. The average molecular weight is 615 g/mol. The molecular formula is C28H38F4N6O3S. The zero-order chi connectivity index (χ0) is 30.8. The van der Waals surface area contributed by atoms with Crippen LogP contribution in [0.25, 0.3) is 5.57 Å². The van der Waals surface area contributed by atoms with Crippen LogP contribution in [0.3, 0.4) is 0 Å². The Morgan fingerprint density at radius 3 is 2.45 bits per heavy atom. The Hall–Kier alpha value is -3.00. The van der Waals surface area contributed by atoms with E-state index in [-0.39, 0.29) is 29.4 Å². The van der Waals surface area contributed by atoms with Crippen LogP contribution >= 0.6 is 0 Å². The fourth-order valence-corrected chi connectivity index (χ4v) is 6.56. The van der Waals surface area contributed by atoms with Crippen LogP contribution in [0, 0.1) is 0 Å². The van der Waals surface area contributed by atoms with E-state index in [9.17, 15) is 30.8 Å². The number of nitrogens with zero attached hydrogens (tertiary/aromatic N) is 4. The van der Waals surface area contributed by atoms with Crippen molar-refractivity contribution in [2.24, 2.45) is 9.98 Å². The fourth-order valence-electron chi connectivity index (χ4n) is 5.45. The molecule has 0 unspecified atom stereocenters. The quantitative estimate of drug-likeness (QED) is 0.438. The first-order chi connectivity index (χ1) is 19.7. The van der Waals surface area contributed by atoms with Crippen molar-refractivity contribution in [3.8, 4) is 0 Å². The summed E-state index contributed by atoms with van der Waals surface area (Å²) in [5, 5.41) is 3.67. The normalized spacial score (nSPS) is 22.7. The summed E-state index contributed by atoms with van der Waals surface area (Å²) in [6, 6.07) is 2.18. The molecule has 232 valence electrons. The first-order valence-electron chi connectivity index (χ1n) is 14.2. The van der Waals surface area contributed by atoms with E-state index in [0.29, 0.717) is 28.6 Å². The second kappa shape index (κ2) is 12.7. The predicted molar refractivity (Wildman–Crippen MR) is 153 cm³/mol. The van der Waals surface area contributed by atoms with E-state index in [1.165, 1.54) is 6.08 Å². The van der Waals surface area contributed by atoms with Gasteiger partial charge in [0.05, 0.1) is 24.4 Å². The molecule has 0 spiro atoms. The summed E-state index contributed by atoms with van der Waals surface area (Å²) in [7, 11) is -2.28. The molecular weight excluding hydrogens is 576 g/mol. The van der Waals surface area contributed by atoms with Crippen LogP contribution in [0.2, 0.25) is 0 Å². The number of rotatable bonds is 8. The van der Waals surface area contributed by atoms with Crippen LogP contribution in [0.5, 0.6) is 0 Å². The number of allylic oxidation sites excluding steroid dienone is 3. The van der Waals surface area contributed by atoms with Crippen molar-refractivity contribution >= 4 is 21.6 Å². The molecule has 3 aliphatic rings. The molecule has 1 saturated carbocycles. The number of hydrogen-bond donors (Lipinski definition) is 2. The second-order valence-electron chi connectivity index (χ2n) is 11.3. The van der Waals surface area contributed by atoms with Gasteiger partial charge in [0.1, 0.15) is 11.3 Å². The molecule has 14 heteroatoms. The molecule has 0 radical (unpaired) electrons. The standard InChI is InChI=1S/C28H38F4N6O3S/c1-5-37(4)21-9-7-20(8-10-21)34-27-33-16-19-14-22(26(39)38(17(2)3)25(19)35-27)18-6-11-24(23(29)15-18)36-42(40,41)13-12-28(30,31)32/h6,11,14,17,20-21,36H,5,7-10,12-13,15-16H2,1-4H3,(H,33,34). The van der Waals surface area contributed by atoms with E-state index in [4.69, 9.17) is 4.99 Å². The van der Waals surface area contributed by atoms with Crippen molar-refractivity contribution in [2.45, 2.75) is 90.1 Å². The van der Waals surface area contributed by atoms with Gasteiger partial charge in [-0.3, -0.25) is 14.1 Å². The summed E-state index contributed by atoms with van der Waals surface area (Å²) in [4.78, 5) is 25.3. The first kappa shape index (κ1) is 31.9. The van der Waals surface area contributed by atoms with Gasteiger partial charge in [-0.1, -0.05) is 13.0 Å². The van der Waals surface area contributed by atoms with Crippen LogP contribution in [-0.2, 0) is 16.6 Å². The molecule has 0 amide bonds. The van der Waals surface area contributed by atoms with Gasteiger partial charge >= 0.3 is 6.18 Å². The van der Waals surface area contributed by atoms with E-state index in [0.717, 1.165) is 38.3 Å². The van der Waals surface area contributed by atoms with Gasteiger partial charge in [0.25, 0.3) is 5.56 Å². The predicted octanol–water partition coefficient (Wildman–Crippen LogP) is 2.93. The van der Waals surface area contributed by atoms with Crippen molar-refractivity contribution in [3.05, 3.63) is 56.4 Å². The minimum atomic E-state index is -4.66. The largest absolute Gasteiger partial charge is 0.390 e. The molecule has 1 aliphatic heterocycles. The van der Waals surface area contributed by atoms with Crippen LogP contribution < -0.4 is 26.3 Å². The molecule has 1 aromatic heterocycles. The highest BCUT2D eigenvalue weighted by Gasteiger charge is 2.31. The monoisotopic (exact) mass is 614 g/mol. The highest BCUT2D eigenvalue weighted by Crippen LogP contribution is 2.25. The van der Waals surface area contributed by atoms with Gasteiger partial charge in [0, 0.05) is 35.3 Å². The van der Waals surface area contributed by atoms with Crippen LogP contribution in [0.4, 0.5) is 17.6 Å². The van der Waals surface area contributed by atoms with Gasteiger partial charge in [-0.25, -0.2) is 17.8 Å². The lowest BCUT2D eigenvalue weighted by atomic mass is 9.90. The zero-order valence-electron chi connectivity index (χ0n) is 24.3. The lowest BCUT2D eigenvalue weighted by molar-refractivity contribution is -0.129. The SMILES string of the molecule is CCN(C)C1CCC(NC2=NCc3cc(=C4C=CC(NS(=O)(=O)CCC(F)(F)F)=C(F)C4)c(=O)n(C(C)C)c3=N2)CC1. The topological polar surface area (TPSA) is 108 Å². The van der Waals surface area contributed by atoms with Crippen LogP contribution in [-0.4, -0.2) is 61.4 Å². The number of guanidine groups is 1. The maximum Gasteiger partial charge on any atom is 0.390 e. The Labute approximate surface area is 242 Å². The number of aromatic nitrogens is 1. The average Bonchev–Trinajstić information content (AvgIpc) is 2.92. The van der Waals surface area contributed by atoms with E-state index in [2.05, 4.69) is 29.2 Å². The van der Waals surface area contributed by atoms with Crippen LogP contribution in [0.1, 0.15) is 70.9 Å². The van der Waals surface area contributed by atoms with Crippen molar-refractivity contribution in [1.29, 1.82) is 0 Å². The summed E-state index contributed by atoms with van der Waals surface area (Å²) in [6.45, 7) is 7.14. The molecule has 2 heterocycles. The van der Waals surface area contributed by atoms with E-state index in [1.54, 1.807) is 10.6 Å². The molecule has 2 N–H and O–H groups in total. The van der Waals surface area contributed by atoms with Gasteiger partial charge in [-0.05, 0) is 70.8 Å². The summed E-state index contributed by atoms with van der Waals surface area (Å²) in [5.41, 5.74) is 0.674. The summed E-state index contributed by atoms with van der Waals surface area (Å²) in [6.07, 6.45) is 0.0721. The third kappa shape index (κ3) is 7.68. The Kier molecular flexibility index (Phi) is 9.65. The maximum atomic E-state index is 15.0. The van der Waals surface area contributed by atoms with Crippen LogP contribution in [0.15, 0.2) is 44.5 Å². The van der Waals surface area contributed by atoms with Crippen molar-refractivity contribution in [1.82, 2.24) is 19.5 Å². The first-order valence-corrected chi connectivity index (χ1v) is 15.8. The second-order valence-corrected chi connectivity index (χ2v) is 13.1. The number of aliphatic imine (C=N–C) groups is 1. The summed E-state index contributed by atoms with van der Waals surface area (Å²) in [5.74, 6) is -1.64. The number of pyridine rings is 1. The Morgan fingerprint density at radius 1 is 1.17 bits per heavy atom. The van der Waals surface area contributed by atoms with Gasteiger partial charge in [0.15, 0.2) is 0 Å². The van der Waals surface area contributed by atoms with E-state index >= 15 is 0 Å². The smallest absolute Gasteiger partial charge is 0.352 e. The minimum absolute atomic E-state index is 0.230.